The summed E-state index contributed by atoms with van der Waals surface area (Å²) in [7, 11) is 0. The predicted octanol–water partition coefficient (Wildman–Crippen LogP) is 3.29. The van der Waals surface area contributed by atoms with Crippen LogP contribution in [-0.4, -0.2) is 9.97 Å². The summed E-state index contributed by atoms with van der Waals surface area (Å²) >= 11 is 5.59. The minimum absolute atomic E-state index is 0.0274. The van der Waals surface area contributed by atoms with E-state index in [9.17, 15) is 9.18 Å². The Balaban J connectivity index is 1.85. The van der Waals surface area contributed by atoms with Gasteiger partial charge < -0.3 is 9.72 Å². The molecule has 0 aliphatic heterocycles. The molecule has 6 heteroatoms. The van der Waals surface area contributed by atoms with Crippen LogP contribution < -0.4 is 10.3 Å². The highest BCUT2D eigenvalue weighted by Gasteiger charge is 2.05. The average Bonchev–Trinajstić information content (AvgIpc) is 2.49. The van der Waals surface area contributed by atoms with E-state index in [0.29, 0.717) is 22.5 Å². The molecule has 0 unspecified atom stereocenters. The van der Waals surface area contributed by atoms with E-state index in [1.54, 1.807) is 30.3 Å². The van der Waals surface area contributed by atoms with Crippen LogP contribution >= 0.6 is 11.6 Å². The molecule has 0 spiro atoms. The van der Waals surface area contributed by atoms with Gasteiger partial charge in [-0.2, -0.15) is 0 Å². The van der Waals surface area contributed by atoms with Crippen LogP contribution in [0.5, 0.6) is 5.75 Å². The number of rotatable bonds is 3. The maximum atomic E-state index is 13.3. The fourth-order valence-corrected chi connectivity index (χ4v) is 2.04. The smallest absolute Gasteiger partial charge is 0.258 e. The number of nitrogens with one attached hydrogen (secondary N) is 1. The molecule has 0 fully saturated rings. The number of para-hydroxylation sites is 1. The van der Waals surface area contributed by atoms with E-state index in [2.05, 4.69) is 9.97 Å². The number of halogens is 2. The quantitative estimate of drug-likeness (QED) is 0.808. The minimum atomic E-state index is -0.561. The number of nitrogens with zero attached hydrogens (tertiary/aromatic N) is 1. The van der Waals surface area contributed by atoms with Gasteiger partial charge in [0.2, 0.25) is 0 Å². The molecule has 0 aliphatic rings. The van der Waals surface area contributed by atoms with Gasteiger partial charge in [0.05, 0.1) is 15.9 Å². The van der Waals surface area contributed by atoms with E-state index >= 15 is 0 Å². The van der Waals surface area contributed by atoms with Gasteiger partial charge in [-0.3, -0.25) is 4.79 Å². The summed E-state index contributed by atoms with van der Waals surface area (Å²) in [5, 5.41) is 0.540. The Labute approximate surface area is 124 Å². The summed E-state index contributed by atoms with van der Waals surface area (Å²) in [6, 6.07) is 11.1. The van der Waals surface area contributed by atoms with Crippen molar-refractivity contribution in [3.05, 3.63) is 69.5 Å². The normalized spacial score (nSPS) is 10.8. The molecule has 21 heavy (non-hydrogen) atoms. The molecule has 3 aromatic rings. The lowest BCUT2D eigenvalue weighted by molar-refractivity contribution is 0.294. The highest BCUT2D eigenvalue weighted by Crippen LogP contribution is 2.20. The first kappa shape index (κ1) is 13.6. The zero-order valence-corrected chi connectivity index (χ0v) is 11.5. The van der Waals surface area contributed by atoms with Gasteiger partial charge in [0, 0.05) is 6.07 Å². The number of aromatic amines is 1. The lowest BCUT2D eigenvalue weighted by Crippen LogP contribution is -2.13. The molecule has 2 aromatic carbocycles. The van der Waals surface area contributed by atoms with Gasteiger partial charge in [0.25, 0.3) is 5.56 Å². The molecule has 0 bridgehead atoms. The van der Waals surface area contributed by atoms with Gasteiger partial charge in [0.1, 0.15) is 24.0 Å². The summed E-state index contributed by atoms with van der Waals surface area (Å²) in [5.74, 6) is 0.121. The van der Waals surface area contributed by atoms with Gasteiger partial charge in [-0.25, -0.2) is 9.37 Å². The minimum Gasteiger partial charge on any atom is -0.486 e. The maximum Gasteiger partial charge on any atom is 0.258 e. The third-order valence-electron chi connectivity index (χ3n) is 2.93. The number of hydrogen-bond donors (Lipinski definition) is 1. The van der Waals surface area contributed by atoms with Crippen molar-refractivity contribution in [1.29, 1.82) is 0 Å². The largest absolute Gasteiger partial charge is 0.486 e. The second kappa shape index (κ2) is 5.54. The maximum absolute atomic E-state index is 13.3. The first-order chi connectivity index (χ1) is 10.1. The van der Waals surface area contributed by atoms with Crippen LogP contribution in [0.1, 0.15) is 5.82 Å². The van der Waals surface area contributed by atoms with Crippen molar-refractivity contribution in [3.8, 4) is 5.75 Å². The van der Waals surface area contributed by atoms with Gasteiger partial charge in [-0.1, -0.05) is 23.7 Å². The van der Waals surface area contributed by atoms with Crippen molar-refractivity contribution in [2.24, 2.45) is 0 Å². The van der Waals surface area contributed by atoms with Crippen LogP contribution in [-0.2, 0) is 6.61 Å². The van der Waals surface area contributed by atoms with Crippen molar-refractivity contribution in [3.63, 3.8) is 0 Å². The number of fused-ring (bicyclic) bond motifs is 1. The average molecular weight is 305 g/mol. The molecule has 1 heterocycles. The van der Waals surface area contributed by atoms with E-state index in [1.807, 2.05) is 0 Å². The first-order valence-corrected chi connectivity index (χ1v) is 6.57. The molecule has 1 N–H and O–H groups in total. The molecule has 1 aromatic heterocycles. The number of aromatic nitrogens is 2. The summed E-state index contributed by atoms with van der Waals surface area (Å²) in [4.78, 5) is 18.8. The van der Waals surface area contributed by atoms with Gasteiger partial charge in [0.15, 0.2) is 0 Å². The highest BCUT2D eigenvalue weighted by atomic mass is 35.5. The van der Waals surface area contributed by atoms with Crippen molar-refractivity contribution >= 4 is 22.5 Å². The fraction of sp³-hybridized carbons (Fsp3) is 0.0667. The molecule has 0 amide bonds. The molecular weight excluding hydrogens is 295 g/mol. The second-order valence-electron chi connectivity index (χ2n) is 4.39. The standard InChI is InChI=1S/C15H10ClFN2O2/c16-11-6-5-9(7-12(11)17)21-8-14-18-13-4-2-1-3-10(13)15(20)19-14/h1-7H,8H2,(H,18,19,20). The van der Waals surface area contributed by atoms with Gasteiger partial charge >= 0.3 is 0 Å². The van der Waals surface area contributed by atoms with Crippen LogP contribution in [0.25, 0.3) is 10.9 Å². The van der Waals surface area contributed by atoms with Crippen LogP contribution in [0.2, 0.25) is 5.02 Å². The second-order valence-corrected chi connectivity index (χ2v) is 4.80. The summed E-state index contributed by atoms with van der Waals surface area (Å²) in [6.07, 6.45) is 0. The van der Waals surface area contributed by atoms with Crippen molar-refractivity contribution in [2.45, 2.75) is 6.61 Å². The Hall–Kier alpha value is -2.40. The topological polar surface area (TPSA) is 55.0 Å². The Morgan fingerprint density at radius 2 is 2.05 bits per heavy atom. The number of ether oxygens (including phenoxy) is 1. The van der Waals surface area contributed by atoms with Crippen molar-refractivity contribution in [1.82, 2.24) is 9.97 Å². The zero-order chi connectivity index (χ0) is 14.8. The third kappa shape index (κ3) is 2.87. The Kier molecular flexibility index (Phi) is 3.58. The Morgan fingerprint density at radius 1 is 1.24 bits per heavy atom. The van der Waals surface area contributed by atoms with E-state index in [-0.39, 0.29) is 17.2 Å². The monoisotopic (exact) mass is 304 g/mol. The van der Waals surface area contributed by atoms with E-state index < -0.39 is 5.82 Å². The van der Waals surface area contributed by atoms with Crippen molar-refractivity contribution in [2.75, 3.05) is 0 Å². The van der Waals surface area contributed by atoms with Gasteiger partial charge in [-0.15, -0.1) is 0 Å². The predicted molar refractivity (Wildman–Crippen MR) is 78.1 cm³/mol. The number of H-pyrrole nitrogens is 1. The molecule has 0 radical (unpaired) electrons. The molecule has 106 valence electrons. The highest BCUT2D eigenvalue weighted by molar-refractivity contribution is 6.30. The fourth-order valence-electron chi connectivity index (χ4n) is 1.92. The molecule has 4 nitrogen and oxygen atoms in total. The van der Waals surface area contributed by atoms with Crippen LogP contribution in [0, 0.1) is 5.82 Å². The Bertz CT molecular complexity index is 864. The van der Waals surface area contributed by atoms with Crippen molar-refractivity contribution < 1.29 is 9.13 Å². The molecule has 0 aliphatic carbocycles. The van der Waals surface area contributed by atoms with Crippen LogP contribution in [0.3, 0.4) is 0 Å². The SMILES string of the molecule is O=c1[nH]c(COc2ccc(Cl)c(F)c2)nc2ccccc12. The first-order valence-electron chi connectivity index (χ1n) is 6.19. The molecule has 0 atom stereocenters. The summed E-state index contributed by atoms with van der Waals surface area (Å²) < 4.78 is 18.7. The molecule has 3 rings (SSSR count). The molecular formula is C15H10ClFN2O2. The molecule has 0 saturated heterocycles. The number of hydrogen-bond acceptors (Lipinski definition) is 3. The van der Waals surface area contributed by atoms with Crippen LogP contribution in [0.15, 0.2) is 47.3 Å². The van der Waals surface area contributed by atoms with E-state index in [1.165, 1.54) is 12.1 Å². The lowest BCUT2D eigenvalue weighted by Gasteiger charge is -2.07. The lowest BCUT2D eigenvalue weighted by atomic mass is 10.2. The summed E-state index contributed by atoms with van der Waals surface area (Å²) in [6.45, 7) is 0.0289. The molecule has 0 saturated carbocycles. The van der Waals surface area contributed by atoms with E-state index in [4.69, 9.17) is 16.3 Å². The summed E-state index contributed by atoms with van der Waals surface area (Å²) in [5.41, 5.74) is 0.351. The third-order valence-corrected chi connectivity index (χ3v) is 3.24. The van der Waals surface area contributed by atoms with Crippen LogP contribution in [0.4, 0.5) is 4.39 Å². The Morgan fingerprint density at radius 3 is 2.86 bits per heavy atom. The van der Waals surface area contributed by atoms with Gasteiger partial charge in [-0.05, 0) is 24.3 Å². The number of benzene rings is 2. The zero-order valence-electron chi connectivity index (χ0n) is 10.8. The van der Waals surface area contributed by atoms with E-state index in [0.717, 1.165) is 0 Å².